The van der Waals surface area contributed by atoms with E-state index in [4.69, 9.17) is 9.47 Å². The average Bonchev–Trinajstić information content (AvgIpc) is 3.02. The number of anilines is 1. The molecule has 6 heteroatoms. The predicted molar refractivity (Wildman–Crippen MR) is 111 cm³/mol. The Balaban J connectivity index is 1.45. The second kappa shape index (κ2) is 8.21. The minimum absolute atomic E-state index is 0.0625. The summed E-state index contributed by atoms with van der Waals surface area (Å²) in [5, 5.41) is 0. The van der Waals surface area contributed by atoms with Crippen LogP contribution in [-0.2, 0) is 4.74 Å². The lowest BCUT2D eigenvalue weighted by Gasteiger charge is -2.16. The summed E-state index contributed by atoms with van der Waals surface area (Å²) in [4.78, 5) is 39.1. The predicted octanol–water partition coefficient (Wildman–Crippen LogP) is 4.03. The van der Waals surface area contributed by atoms with Crippen LogP contribution in [0.25, 0.3) is 0 Å². The normalized spacial score (nSPS) is 12.6. The van der Waals surface area contributed by atoms with Gasteiger partial charge < -0.3 is 9.47 Å². The van der Waals surface area contributed by atoms with E-state index in [0.717, 1.165) is 10.5 Å². The fraction of sp³-hybridized carbons (Fsp3) is 0.125. The van der Waals surface area contributed by atoms with E-state index in [1.54, 1.807) is 12.1 Å². The van der Waals surface area contributed by atoms with Gasteiger partial charge >= 0.3 is 5.97 Å². The molecule has 0 aromatic heterocycles. The number of imide groups is 1. The van der Waals surface area contributed by atoms with Gasteiger partial charge in [-0.3, -0.25) is 9.59 Å². The quantitative estimate of drug-likeness (QED) is 0.354. The number of ether oxygens (including phenoxy) is 2. The van der Waals surface area contributed by atoms with Crippen LogP contribution in [0.5, 0.6) is 5.75 Å². The van der Waals surface area contributed by atoms with Gasteiger partial charge in [-0.1, -0.05) is 36.4 Å². The summed E-state index contributed by atoms with van der Waals surface area (Å²) in [6, 6.07) is 20.8. The van der Waals surface area contributed by atoms with Crippen LogP contribution in [-0.4, -0.2) is 31.0 Å². The van der Waals surface area contributed by atoms with Gasteiger partial charge in [-0.25, -0.2) is 9.69 Å². The average molecular weight is 401 g/mol. The van der Waals surface area contributed by atoms with Gasteiger partial charge in [0.2, 0.25) is 0 Å². The van der Waals surface area contributed by atoms with Crippen molar-refractivity contribution >= 4 is 23.5 Å². The minimum Gasteiger partial charge on any atom is -0.490 e. The summed E-state index contributed by atoms with van der Waals surface area (Å²) in [6.45, 7) is 2.10. The van der Waals surface area contributed by atoms with Gasteiger partial charge in [0.25, 0.3) is 11.8 Å². The molecule has 1 heterocycles. The van der Waals surface area contributed by atoms with Crippen LogP contribution in [0.4, 0.5) is 5.69 Å². The fourth-order valence-electron chi connectivity index (χ4n) is 3.29. The van der Waals surface area contributed by atoms with Crippen molar-refractivity contribution in [3.63, 3.8) is 0 Å². The van der Waals surface area contributed by atoms with Crippen LogP contribution in [0.2, 0.25) is 0 Å². The summed E-state index contributed by atoms with van der Waals surface area (Å²) in [5.41, 5.74) is 2.02. The van der Waals surface area contributed by atoms with Gasteiger partial charge in [-0.15, -0.1) is 0 Å². The van der Waals surface area contributed by atoms with Crippen molar-refractivity contribution in [2.75, 3.05) is 18.1 Å². The molecular formula is C24H19NO5. The molecule has 0 spiro atoms. The number of fused-ring (bicyclic) bond motifs is 1. The summed E-state index contributed by atoms with van der Waals surface area (Å²) in [5.74, 6) is -0.748. The molecule has 3 aromatic carbocycles. The number of carbonyl (C=O) groups is 3. The van der Waals surface area contributed by atoms with E-state index in [-0.39, 0.29) is 29.9 Å². The molecule has 2 amide bonds. The number of hydrogen-bond donors (Lipinski definition) is 0. The smallest absolute Gasteiger partial charge is 0.338 e. The second-order valence-electron chi connectivity index (χ2n) is 6.79. The molecule has 0 aliphatic carbocycles. The van der Waals surface area contributed by atoms with Crippen molar-refractivity contribution in [1.82, 2.24) is 0 Å². The Kier molecular flexibility index (Phi) is 5.30. The van der Waals surface area contributed by atoms with E-state index in [9.17, 15) is 14.4 Å². The van der Waals surface area contributed by atoms with Gasteiger partial charge in [0.05, 0.1) is 22.4 Å². The van der Waals surface area contributed by atoms with Crippen molar-refractivity contribution in [3.05, 3.63) is 95.1 Å². The van der Waals surface area contributed by atoms with Crippen molar-refractivity contribution in [3.8, 4) is 5.75 Å². The first-order chi connectivity index (χ1) is 14.6. The topological polar surface area (TPSA) is 72.9 Å². The van der Waals surface area contributed by atoms with Gasteiger partial charge in [-0.2, -0.15) is 0 Å². The Bertz CT molecular complexity index is 1120. The molecule has 0 bridgehead atoms. The standard InChI is InChI=1S/C24H19NO5/c1-16-7-5-6-10-21(16)25-22(26)19-12-11-17(15-20(19)23(25)27)24(28)30-14-13-29-18-8-3-2-4-9-18/h2-12,15H,13-14H2,1H3. The Hall–Kier alpha value is -3.93. The highest BCUT2D eigenvalue weighted by atomic mass is 16.6. The molecular weight excluding hydrogens is 382 g/mol. The fourth-order valence-corrected chi connectivity index (χ4v) is 3.29. The van der Waals surface area contributed by atoms with E-state index in [1.165, 1.54) is 18.2 Å². The molecule has 4 rings (SSSR count). The zero-order valence-electron chi connectivity index (χ0n) is 16.3. The van der Waals surface area contributed by atoms with Gasteiger partial charge in [0.1, 0.15) is 19.0 Å². The molecule has 150 valence electrons. The molecule has 0 saturated heterocycles. The highest BCUT2D eigenvalue weighted by Crippen LogP contribution is 2.31. The maximum atomic E-state index is 12.9. The molecule has 0 unspecified atom stereocenters. The zero-order valence-corrected chi connectivity index (χ0v) is 16.3. The molecule has 1 aliphatic heterocycles. The van der Waals surface area contributed by atoms with Crippen LogP contribution in [0, 0.1) is 6.92 Å². The van der Waals surface area contributed by atoms with E-state index < -0.39 is 17.8 Å². The lowest BCUT2D eigenvalue weighted by molar-refractivity contribution is 0.0450. The molecule has 1 aliphatic rings. The third-order valence-electron chi connectivity index (χ3n) is 4.81. The molecule has 0 radical (unpaired) electrons. The van der Waals surface area contributed by atoms with Crippen LogP contribution in [0.15, 0.2) is 72.8 Å². The third-order valence-corrected chi connectivity index (χ3v) is 4.81. The first-order valence-electron chi connectivity index (χ1n) is 9.49. The van der Waals surface area contributed by atoms with Crippen molar-refractivity contribution in [1.29, 1.82) is 0 Å². The van der Waals surface area contributed by atoms with E-state index in [2.05, 4.69) is 0 Å². The van der Waals surface area contributed by atoms with Gasteiger partial charge in [0, 0.05) is 0 Å². The number of nitrogens with zero attached hydrogens (tertiary/aromatic N) is 1. The van der Waals surface area contributed by atoms with Gasteiger partial charge in [-0.05, 0) is 48.9 Å². The lowest BCUT2D eigenvalue weighted by Crippen LogP contribution is -2.29. The SMILES string of the molecule is Cc1ccccc1N1C(=O)c2ccc(C(=O)OCCOc3ccccc3)cc2C1=O. The molecule has 30 heavy (non-hydrogen) atoms. The zero-order chi connectivity index (χ0) is 21.1. The molecule has 0 atom stereocenters. The second-order valence-corrected chi connectivity index (χ2v) is 6.79. The number of amides is 2. The van der Waals surface area contributed by atoms with Crippen LogP contribution >= 0.6 is 0 Å². The molecule has 0 fully saturated rings. The first-order valence-corrected chi connectivity index (χ1v) is 9.49. The van der Waals surface area contributed by atoms with Crippen molar-refractivity contribution in [2.24, 2.45) is 0 Å². The number of rotatable bonds is 6. The Labute approximate surface area is 173 Å². The molecule has 0 saturated carbocycles. The lowest BCUT2D eigenvalue weighted by atomic mass is 10.1. The number of para-hydroxylation sites is 2. The minimum atomic E-state index is -0.580. The Morgan fingerprint density at radius 1 is 0.833 bits per heavy atom. The van der Waals surface area contributed by atoms with Crippen molar-refractivity contribution in [2.45, 2.75) is 6.92 Å². The highest BCUT2D eigenvalue weighted by Gasteiger charge is 2.37. The number of benzene rings is 3. The van der Waals surface area contributed by atoms with Crippen LogP contribution < -0.4 is 9.64 Å². The molecule has 6 nitrogen and oxygen atoms in total. The Morgan fingerprint density at radius 2 is 1.53 bits per heavy atom. The molecule has 3 aromatic rings. The molecule has 0 N–H and O–H groups in total. The van der Waals surface area contributed by atoms with E-state index >= 15 is 0 Å². The Morgan fingerprint density at radius 3 is 2.30 bits per heavy atom. The van der Waals surface area contributed by atoms with Crippen molar-refractivity contribution < 1.29 is 23.9 Å². The first kappa shape index (κ1) is 19.4. The number of carbonyl (C=O) groups excluding carboxylic acids is 3. The summed E-state index contributed by atoms with van der Waals surface area (Å²) < 4.78 is 10.7. The summed E-state index contributed by atoms with van der Waals surface area (Å²) >= 11 is 0. The maximum Gasteiger partial charge on any atom is 0.338 e. The number of aryl methyl sites for hydroxylation is 1. The van der Waals surface area contributed by atoms with E-state index in [0.29, 0.717) is 11.4 Å². The largest absolute Gasteiger partial charge is 0.490 e. The number of hydrogen-bond acceptors (Lipinski definition) is 5. The monoisotopic (exact) mass is 401 g/mol. The van der Waals surface area contributed by atoms with E-state index in [1.807, 2.05) is 49.4 Å². The third kappa shape index (κ3) is 3.67. The summed E-state index contributed by atoms with van der Waals surface area (Å²) in [6.07, 6.45) is 0. The maximum absolute atomic E-state index is 12.9. The highest BCUT2D eigenvalue weighted by molar-refractivity contribution is 6.34. The number of esters is 1. The van der Waals surface area contributed by atoms with Gasteiger partial charge in [0.15, 0.2) is 0 Å². The summed E-state index contributed by atoms with van der Waals surface area (Å²) in [7, 11) is 0. The van der Waals surface area contributed by atoms with Crippen LogP contribution in [0.3, 0.4) is 0 Å². The van der Waals surface area contributed by atoms with Crippen LogP contribution in [0.1, 0.15) is 36.6 Å².